The molecule has 0 bridgehead atoms. The van der Waals surface area contributed by atoms with Gasteiger partial charge < -0.3 is 15.7 Å². The number of nitro groups is 1. The van der Waals surface area contributed by atoms with E-state index >= 15 is 0 Å². The fraction of sp³-hybridized carbons (Fsp3) is 0.385. The quantitative estimate of drug-likeness (QED) is 0.526. The largest absolute Gasteiger partial charge is 0.481 e. The van der Waals surface area contributed by atoms with E-state index in [0.717, 1.165) is 0 Å². The Balaban J connectivity index is 2.44. The molecular weight excluding hydrogens is 278 g/mol. The molecule has 3 N–H and O–H groups in total. The van der Waals surface area contributed by atoms with Crippen LogP contribution in [0.3, 0.4) is 0 Å². The van der Waals surface area contributed by atoms with Gasteiger partial charge in [-0.3, -0.25) is 14.9 Å². The Morgan fingerprint density at radius 2 is 2.14 bits per heavy atom. The molecule has 8 heteroatoms. The standard InChI is InChI=1S/C13H17N3O5/c1-9(4-2-7-12(17)18)14-13(19)15-10-5-3-6-11(8-10)16(20)21/h3,5-6,8-9H,2,4,7H2,1H3,(H,17,18)(H2,14,15,19). The number of aliphatic carboxylic acids is 1. The maximum absolute atomic E-state index is 11.7. The average molecular weight is 295 g/mol. The first-order valence-electron chi connectivity index (χ1n) is 6.42. The molecule has 0 aliphatic rings. The van der Waals surface area contributed by atoms with Crippen molar-refractivity contribution >= 4 is 23.4 Å². The Labute approximate surface area is 121 Å². The summed E-state index contributed by atoms with van der Waals surface area (Å²) in [6.45, 7) is 1.76. The number of nitro benzene ring substituents is 1. The highest BCUT2D eigenvalue weighted by molar-refractivity contribution is 5.89. The number of nitrogens with one attached hydrogen (secondary N) is 2. The summed E-state index contributed by atoms with van der Waals surface area (Å²) in [6.07, 6.45) is 1.06. The smallest absolute Gasteiger partial charge is 0.319 e. The van der Waals surface area contributed by atoms with Crippen LogP contribution in [-0.2, 0) is 4.79 Å². The predicted octanol–water partition coefficient (Wildman–Crippen LogP) is 2.36. The molecule has 0 saturated heterocycles. The van der Waals surface area contributed by atoms with Gasteiger partial charge in [-0.15, -0.1) is 0 Å². The molecule has 1 atom stereocenters. The van der Waals surface area contributed by atoms with Crippen molar-refractivity contribution in [1.29, 1.82) is 0 Å². The summed E-state index contributed by atoms with van der Waals surface area (Å²) in [5.74, 6) is -0.872. The van der Waals surface area contributed by atoms with Gasteiger partial charge in [-0.2, -0.15) is 0 Å². The Morgan fingerprint density at radius 3 is 2.76 bits per heavy atom. The number of amides is 2. The molecule has 0 saturated carbocycles. The van der Waals surface area contributed by atoms with Crippen LogP contribution in [0.15, 0.2) is 24.3 Å². The molecule has 1 unspecified atom stereocenters. The number of nitrogens with zero attached hydrogens (tertiary/aromatic N) is 1. The zero-order chi connectivity index (χ0) is 15.8. The predicted molar refractivity (Wildman–Crippen MR) is 76.2 cm³/mol. The van der Waals surface area contributed by atoms with Crippen LogP contribution in [0.5, 0.6) is 0 Å². The molecule has 1 aromatic carbocycles. The van der Waals surface area contributed by atoms with E-state index in [1.165, 1.54) is 18.2 Å². The highest BCUT2D eigenvalue weighted by atomic mass is 16.6. The molecule has 0 heterocycles. The molecular formula is C13H17N3O5. The first-order valence-corrected chi connectivity index (χ1v) is 6.42. The van der Waals surface area contributed by atoms with Crippen LogP contribution in [-0.4, -0.2) is 28.1 Å². The zero-order valence-electron chi connectivity index (χ0n) is 11.5. The second-order valence-electron chi connectivity index (χ2n) is 4.59. The number of rotatable bonds is 7. The van der Waals surface area contributed by atoms with Crippen molar-refractivity contribution in [2.45, 2.75) is 32.2 Å². The van der Waals surface area contributed by atoms with Gasteiger partial charge in [0.2, 0.25) is 0 Å². The number of carbonyl (C=O) groups is 2. The van der Waals surface area contributed by atoms with Crippen molar-refractivity contribution in [1.82, 2.24) is 5.32 Å². The molecule has 1 aromatic rings. The topological polar surface area (TPSA) is 122 Å². The molecule has 114 valence electrons. The molecule has 0 aliphatic heterocycles. The van der Waals surface area contributed by atoms with Crippen LogP contribution in [0.2, 0.25) is 0 Å². The first kappa shape index (κ1) is 16.4. The minimum absolute atomic E-state index is 0.0541. The highest BCUT2D eigenvalue weighted by Gasteiger charge is 2.10. The number of anilines is 1. The monoisotopic (exact) mass is 295 g/mol. The number of urea groups is 1. The number of non-ortho nitro benzene ring substituents is 1. The average Bonchev–Trinajstić information content (AvgIpc) is 2.38. The van der Waals surface area contributed by atoms with Crippen LogP contribution in [0.4, 0.5) is 16.2 Å². The van der Waals surface area contributed by atoms with Crippen molar-refractivity contribution in [2.24, 2.45) is 0 Å². The van der Waals surface area contributed by atoms with Gasteiger partial charge in [0.15, 0.2) is 0 Å². The summed E-state index contributed by atoms with van der Waals surface area (Å²) in [5.41, 5.74) is 0.210. The van der Waals surface area contributed by atoms with Gasteiger partial charge in [-0.05, 0) is 25.8 Å². The van der Waals surface area contributed by atoms with E-state index in [1.807, 2.05) is 0 Å². The Morgan fingerprint density at radius 1 is 1.43 bits per heavy atom. The van der Waals surface area contributed by atoms with Gasteiger partial charge in [-0.25, -0.2) is 4.79 Å². The molecule has 0 radical (unpaired) electrons. The van der Waals surface area contributed by atoms with Crippen LogP contribution >= 0.6 is 0 Å². The summed E-state index contributed by atoms with van der Waals surface area (Å²) in [7, 11) is 0. The molecule has 8 nitrogen and oxygen atoms in total. The minimum atomic E-state index is -0.872. The van der Waals surface area contributed by atoms with Gasteiger partial charge in [0.25, 0.3) is 5.69 Å². The number of benzene rings is 1. The third kappa shape index (κ3) is 6.37. The van der Waals surface area contributed by atoms with Crippen molar-refractivity contribution in [3.63, 3.8) is 0 Å². The summed E-state index contributed by atoms with van der Waals surface area (Å²) >= 11 is 0. The number of hydrogen-bond donors (Lipinski definition) is 3. The second-order valence-corrected chi connectivity index (χ2v) is 4.59. The fourth-order valence-corrected chi connectivity index (χ4v) is 1.72. The van der Waals surface area contributed by atoms with E-state index in [9.17, 15) is 19.7 Å². The van der Waals surface area contributed by atoms with Crippen LogP contribution in [0.25, 0.3) is 0 Å². The Bertz CT molecular complexity index is 532. The minimum Gasteiger partial charge on any atom is -0.481 e. The van der Waals surface area contributed by atoms with Crippen LogP contribution in [0, 0.1) is 10.1 Å². The van der Waals surface area contributed by atoms with E-state index < -0.39 is 16.9 Å². The fourth-order valence-electron chi connectivity index (χ4n) is 1.72. The SMILES string of the molecule is CC(CCCC(=O)O)NC(=O)Nc1cccc([N+](=O)[O-])c1. The van der Waals surface area contributed by atoms with Crippen molar-refractivity contribution in [2.75, 3.05) is 5.32 Å². The number of carboxylic acid groups (broad SMARTS) is 1. The summed E-state index contributed by atoms with van der Waals surface area (Å²) in [6, 6.07) is 4.93. The van der Waals surface area contributed by atoms with Gasteiger partial charge in [0.1, 0.15) is 0 Å². The molecule has 0 aliphatic carbocycles. The zero-order valence-corrected chi connectivity index (χ0v) is 11.5. The number of hydrogen-bond acceptors (Lipinski definition) is 4. The summed E-state index contributed by atoms with van der Waals surface area (Å²) < 4.78 is 0. The van der Waals surface area contributed by atoms with E-state index in [1.54, 1.807) is 13.0 Å². The lowest BCUT2D eigenvalue weighted by molar-refractivity contribution is -0.384. The third-order valence-corrected chi connectivity index (χ3v) is 2.72. The molecule has 21 heavy (non-hydrogen) atoms. The van der Waals surface area contributed by atoms with E-state index in [4.69, 9.17) is 5.11 Å². The Hall–Kier alpha value is -2.64. The van der Waals surface area contributed by atoms with Crippen LogP contribution in [0.1, 0.15) is 26.2 Å². The van der Waals surface area contributed by atoms with E-state index in [2.05, 4.69) is 10.6 Å². The van der Waals surface area contributed by atoms with Crippen molar-refractivity contribution < 1.29 is 19.6 Å². The number of carboxylic acids is 1. The maximum atomic E-state index is 11.7. The maximum Gasteiger partial charge on any atom is 0.319 e. The summed E-state index contributed by atoms with van der Waals surface area (Å²) in [5, 5.41) is 24.3. The lowest BCUT2D eigenvalue weighted by atomic mass is 10.1. The van der Waals surface area contributed by atoms with Gasteiger partial charge >= 0.3 is 12.0 Å². The second kappa shape index (κ2) is 7.83. The molecule has 0 fully saturated rings. The van der Waals surface area contributed by atoms with E-state index in [0.29, 0.717) is 18.5 Å². The van der Waals surface area contributed by atoms with Gasteiger partial charge in [0.05, 0.1) is 4.92 Å². The van der Waals surface area contributed by atoms with Gasteiger partial charge in [0, 0.05) is 30.3 Å². The summed E-state index contributed by atoms with van der Waals surface area (Å²) in [4.78, 5) is 32.1. The van der Waals surface area contributed by atoms with Crippen molar-refractivity contribution in [3.8, 4) is 0 Å². The van der Waals surface area contributed by atoms with E-state index in [-0.39, 0.29) is 18.2 Å². The first-order chi connectivity index (χ1) is 9.88. The lowest BCUT2D eigenvalue weighted by Gasteiger charge is -2.14. The highest BCUT2D eigenvalue weighted by Crippen LogP contribution is 2.16. The van der Waals surface area contributed by atoms with Crippen molar-refractivity contribution in [3.05, 3.63) is 34.4 Å². The lowest BCUT2D eigenvalue weighted by Crippen LogP contribution is -2.36. The molecule has 0 spiro atoms. The molecule has 2 amide bonds. The van der Waals surface area contributed by atoms with Crippen LogP contribution < -0.4 is 10.6 Å². The third-order valence-electron chi connectivity index (χ3n) is 2.72. The Kier molecular flexibility index (Phi) is 6.12. The molecule has 0 aromatic heterocycles. The number of carbonyl (C=O) groups excluding carboxylic acids is 1. The van der Waals surface area contributed by atoms with Gasteiger partial charge in [-0.1, -0.05) is 6.07 Å². The normalized spacial score (nSPS) is 11.5. The molecule has 1 rings (SSSR count).